The van der Waals surface area contributed by atoms with E-state index in [9.17, 15) is 4.79 Å². The third-order valence-corrected chi connectivity index (χ3v) is 5.18. The quantitative estimate of drug-likeness (QED) is 0.702. The molecule has 1 saturated heterocycles. The van der Waals surface area contributed by atoms with Gasteiger partial charge in [0.25, 0.3) is 0 Å². The van der Waals surface area contributed by atoms with E-state index in [2.05, 4.69) is 20.2 Å². The number of nitrogens with one attached hydrogen (secondary N) is 1. The maximum Gasteiger partial charge on any atom is 0.229 e. The number of anilines is 2. The predicted molar refractivity (Wildman–Crippen MR) is 112 cm³/mol. The number of hydrogen-bond donors (Lipinski definition) is 1. The fourth-order valence-electron chi connectivity index (χ4n) is 3.41. The average Bonchev–Trinajstić information content (AvgIpc) is 2.76. The van der Waals surface area contributed by atoms with Gasteiger partial charge in [0.05, 0.1) is 5.92 Å². The van der Waals surface area contributed by atoms with Crippen LogP contribution in [0.5, 0.6) is 0 Å². The monoisotopic (exact) mass is 392 g/mol. The highest BCUT2D eigenvalue weighted by atomic mass is 35.5. The van der Waals surface area contributed by atoms with Gasteiger partial charge in [0, 0.05) is 41.8 Å². The average molecular weight is 393 g/mol. The van der Waals surface area contributed by atoms with Crippen LogP contribution in [0.2, 0.25) is 5.02 Å². The van der Waals surface area contributed by atoms with Gasteiger partial charge in [-0.2, -0.15) is 0 Å². The van der Waals surface area contributed by atoms with Gasteiger partial charge in [-0.15, -0.1) is 0 Å². The van der Waals surface area contributed by atoms with E-state index in [0.29, 0.717) is 17.5 Å². The molecule has 0 saturated carbocycles. The van der Waals surface area contributed by atoms with Gasteiger partial charge in [-0.3, -0.25) is 4.79 Å². The second-order valence-electron chi connectivity index (χ2n) is 6.92. The second kappa shape index (κ2) is 8.40. The van der Waals surface area contributed by atoms with E-state index in [1.807, 2.05) is 54.9 Å². The van der Waals surface area contributed by atoms with Crippen molar-refractivity contribution < 1.29 is 4.79 Å². The molecule has 1 aliphatic rings. The number of hydrogen-bond acceptors (Lipinski definition) is 4. The highest BCUT2D eigenvalue weighted by Crippen LogP contribution is 2.24. The predicted octanol–water partition coefficient (Wildman–Crippen LogP) is 4.65. The molecule has 1 amide bonds. The maximum atomic E-state index is 12.7. The van der Waals surface area contributed by atoms with Crippen LogP contribution in [0.1, 0.15) is 12.8 Å². The van der Waals surface area contributed by atoms with E-state index in [4.69, 9.17) is 11.6 Å². The van der Waals surface area contributed by atoms with Gasteiger partial charge in [0.2, 0.25) is 11.9 Å². The molecule has 0 aliphatic carbocycles. The van der Waals surface area contributed by atoms with Crippen molar-refractivity contribution in [2.45, 2.75) is 12.8 Å². The smallest absolute Gasteiger partial charge is 0.229 e. The molecule has 1 N–H and O–H groups in total. The number of nitrogens with zero attached hydrogens (tertiary/aromatic N) is 3. The number of halogens is 1. The summed E-state index contributed by atoms with van der Waals surface area (Å²) in [4.78, 5) is 23.8. The molecule has 2 heterocycles. The van der Waals surface area contributed by atoms with Gasteiger partial charge < -0.3 is 10.2 Å². The van der Waals surface area contributed by atoms with E-state index in [1.165, 1.54) is 0 Å². The first kappa shape index (κ1) is 18.4. The Balaban J connectivity index is 1.42. The number of rotatable bonds is 4. The Hall–Kier alpha value is -2.92. The Kier molecular flexibility index (Phi) is 5.53. The molecule has 1 aromatic heterocycles. The van der Waals surface area contributed by atoms with Crippen molar-refractivity contribution in [3.63, 3.8) is 0 Å². The summed E-state index contributed by atoms with van der Waals surface area (Å²) < 4.78 is 0. The van der Waals surface area contributed by atoms with E-state index in [0.717, 1.165) is 36.2 Å². The molecule has 3 aromatic rings. The summed E-state index contributed by atoms with van der Waals surface area (Å²) in [5.74, 6) is 0.596. The fraction of sp³-hybridized carbons (Fsp3) is 0.227. The Morgan fingerprint density at radius 1 is 1.00 bits per heavy atom. The van der Waals surface area contributed by atoms with Gasteiger partial charge in [-0.05, 0) is 42.7 Å². The van der Waals surface area contributed by atoms with Gasteiger partial charge in [0.15, 0.2) is 0 Å². The molecule has 0 unspecified atom stereocenters. The summed E-state index contributed by atoms with van der Waals surface area (Å²) in [6, 6.07) is 17.2. The zero-order valence-corrected chi connectivity index (χ0v) is 16.1. The summed E-state index contributed by atoms with van der Waals surface area (Å²) in [5.41, 5.74) is 2.83. The molecule has 1 atom stereocenters. The second-order valence-corrected chi connectivity index (χ2v) is 7.36. The SMILES string of the molecule is O=C(Nc1ccc(Cl)cc1)[C@H]1CCCN(c2ncc(-c3ccccc3)cn2)C1. The Bertz CT molecular complexity index is 929. The van der Waals surface area contributed by atoms with Crippen molar-refractivity contribution >= 4 is 29.1 Å². The molecule has 28 heavy (non-hydrogen) atoms. The summed E-state index contributed by atoms with van der Waals surface area (Å²) in [6.07, 6.45) is 5.48. The third-order valence-electron chi connectivity index (χ3n) is 4.93. The maximum absolute atomic E-state index is 12.7. The van der Waals surface area contributed by atoms with Crippen molar-refractivity contribution in [2.24, 2.45) is 5.92 Å². The minimum atomic E-state index is -0.0955. The number of piperidine rings is 1. The number of aromatic nitrogens is 2. The third kappa shape index (κ3) is 4.31. The highest BCUT2D eigenvalue weighted by Gasteiger charge is 2.27. The van der Waals surface area contributed by atoms with Gasteiger partial charge in [-0.1, -0.05) is 41.9 Å². The lowest BCUT2D eigenvalue weighted by atomic mass is 9.97. The van der Waals surface area contributed by atoms with Crippen molar-refractivity contribution in [1.82, 2.24) is 9.97 Å². The lowest BCUT2D eigenvalue weighted by molar-refractivity contribution is -0.120. The van der Waals surface area contributed by atoms with E-state index in [1.54, 1.807) is 12.1 Å². The van der Waals surface area contributed by atoms with Crippen LogP contribution in [0.25, 0.3) is 11.1 Å². The minimum Gasteiger partial charge on any atom is -0.340 e. The summed E-state index contributed by atoms with van der Waals surface area (Å²) >= 11 is 5.90. The summed E-state index contributed by atoms with van der Waals surface area (Å²) in [5, 5.41) is 3.63. The first-order valence-electron chi connectivity index (χ1n) is 9.38. The van der Waals surface area contributed by atoms with Crippen molar-refractivity contribution in [3.05, 3.63) is 72.0 Å². The first-order chi connectivity index (χ1) is 13.7. The molecule has 1 fully saturated rings. The number of amides is 1. The van der Waals surface area contributed by atoms with E-state index < -0.39 is 0 Å². The highest BCUT2D eigenvalue weighted by molar-refractivity contribution is 6.30. The Morgan fingerprint density at radius 3 is 2.43 bits per heavy atom. The molecule has 0 radical (unpaired) electrons. The zero-order chi connectivity index (χ0) is 19.3. The van der Waals surface area contributed by atoms with E-state index >= 15 is 0 Å². The van der Waals surface area contributed by atoms with Crippen LogP contribution in [0.4, 0.5) is 11.6 Å². The lowest BCUT2D eigenvalue weighted by Gasteiger charge is -2.32. The zero-order valence-electron chi connectivity index (χ0n) is 15.4. The van der Waals surface area contributed by atoms with Crippen LogP contribution in [0.3, 0.4) is 0 Å². The Labute approximate surface area is 169 Å². The molecular weight excluding hydrogens is 372 g/mol. The molecule has 0 spiro atoms. The van der Waals surface area contributed by atoms with Gasteiger partial charge in [-0.25, -0.2) is 9.97 Å². The molecule has 5 nitrogen and oxygen atoms in total. The molecule has 6 heteroatoms. The van der Waals surface area contributed by atoms with Gasteiger partial charge >= 0.3 is 0 Å². The van der Waals surface area contributed by atoms with Crippen molar-refractivity contribution in [1.29, 1.82) is 0 Å². The van der Waals surface area contributed by atoms with Crippen LogP contribution in [-0.2, 0) is 4.79 Å². The van der Waals surface area contributed by atoms with E-state index in [-0.39, 0.29) is 11.8 Å². The van der Waals surface area contributed by atoms with Gasteiger partial charge in [0.1, 0.15) is 0 Å². The summed E-state index contributed by atoms with van der Waals surface area (Å²) in [7, 11) is 0. The van der Waals surface area contributed by atoms with Crippen LogP contribution >= 0.6 is 11.6 Å². The molecule has 2 aromatic carbocycles. The lowest BCUT2D eigenvalue weighted by Crippen LogP contribution is -2.41. The molecule has 142 valence electrons. The number of benzene rings is 2. The van der Waals surface area contributed by atoms with Crippen molar-refractivity contribution in [3.8, 4) is 11.1 Å². The normalized spacial score (nSPS) is 16.6. The molecule has 0 bridgehead atoms. The van der Waals surface area contributed by atoms with Crippen LogP contribution in [0, 0.1) is 5.92 Å². The Morgan fingerprint density at radius 2 is 1.71 bits per heavy atom. The largest absolute Gasteiger partial charge is 0.340 e. The van der Waals surface area contributed by atoms with Crippen molar-refractivity contribution in [2.75, 3.05) is 23.3 Å². The molecule has 1 aliphatic heterocycles. The standard InChI is InChI=1S/C22H21ClN4O/c23-19-8-10-20(11-9-19)26-21(28)17-7-4-12-27(15-17)22-24-13-18(14-25-22)16-5-2-1-3-6-16/h1-3,5-6,8-11,13-14,17H,4,7,12,15H2,(H,26,28)/t17-/m0/s1. The number of carbonyl (C=O) groups is 1. The van der Waals surface area contributed by atoms with Crippen LogP contribution < -0.4 is 10.2 Å². The minimum absolute atomic E-state index is 0.0212. The number of carbonyl (C=O) groups excluding carboxylic acids is 1. The van der Waals surface area contributed by atoms with Crippen LogP contribution in [0.15, 0.2) is 67.0 Å². The fourth-order valence-corrected chi connectivity index (χ4v) is 3.54. The summed E-state index contributed by atoms with van der Waals surface area (Å²) in [6.45, 7) is 1.47. The first-order valence-corrected chi connectivity index (χ1v) is 9.76. The molecular formula is C22H21ClN4O. The molecule has 4 rings (SSSR count). The topological polar surface area (TPSA) is 58.1 Å². The van der Waals surface area contributed by atoms with Crippen LogP contribution in [-0.4, -0.2) is 29.0 Å².